The molecule has 0 spiro atoms. The molecule has 1 fully saturated rings. The van der Waals surface area contributed by atoms with Gasteiger partial charge in [0.05, 0.1) is 29.7 Å². The molecule has 0 saturated carbocycles. The highest BCUT2D eigenvalue weighted by Gasteiger charge is 2.25. The Hall–Kier alpha value is -3.05. The molecule has 188 valence electrons. The molecule has 3 aromatic rings. The monoisotopic (exact) mass is 502 g/mol. The van der Waals surface area contributed by atoms with Gasteiger partial charge in [-0.1, -0.05) is 62.7 Å². The molecule has 0 atom stereocenters. The molecule has 1 aliphatic heterocycles. The molecule has 2 aliphatic rings. The number of nitrogens with zero attached hydrogens (tertiary/aromatic N) is 3. The first-order valence-corrected chi connectivity index (χ1v) is 13.2. The zero-order valence-electron chi connectivity index (χ0n) is 21.6. The van der Waals surface area contributed by atoms with Crippen molar-refractivity contribution in [3.63, 3.8) is 0 Å². The number of rotatable bonds is 6. The molecule has 2 aromatic carbocycles. The summed E-state index contributed by atoms with van der Waals surface area (Å²) in [7, 11) is 1.70. The number of halogens is 1. The largest absolute Gasteiger partial charge is 0.494 e. The van der Waals surface area contributed by atoms with Gasteiger partial charge in [-0.3, -0.25) is 0 Å². The number of hydrogen-bond acceptors (Lipinski definition) is 5. The maximum atomic E-state index is 6.53. The van der Waals surface area contributed by atoms with Crippen LogP contribution >= 0.6 is 11.6 Å². The third-order valence-corrected chi connectivity index (χ3v) is 7.42. The van der Waals surface area contributed by atoms with E-state index >= 15 is 0 Å². The summed E-state index contributed by atoms with van der Waals surface area (Å²) >= 11 is 6.53. The molecule has 1 N–H and O–H groups in total. The third kappa shape index (κ3) is 5.36. The van der Waals surface area contributed by atoms with Crippen molar-refractivity contribution >= 4 is 34.5 Å². The molecule has 2 heterocycles. The number of aromatic nitrogens is 2. The summed E-state index contributed by atoms with van der Waals surface area (Å²) in [6, 6.07) is 14.7. The lowest BCUT2D eigenvalue weighted by Crippen LogP contribution is -2.34. The number of allylic oxidation sites excluding steroid dienone is 1. The van der Waals surface area contributed by atoms with Crippen LogP contribution in [0.4, 0.5) is 17.3 Å². The van der Waals surface area contributed by atoms with Gasteiger partial charge in [-0.2, -0.15) is 0 Å². The molecule has 1 saturated heterocycles. The summed E-state index contributed by atoms with van der Waals surface area (Å²) in [5.74, 6) is 2.07. The number of ether oxygens (including phenoxy) is 1. The Bertz CT molecular complexity index is 1270. The number of anilines is 3. The van der Waals surface area contributed by atoms with Crippen LogP contribution in [-0.2, 0) is 6.42 Å². The molecule has 0 radical (unpaired) electrons. The number of hydrogen-bond donors (Lipinski definition) is 1. The molecular weight excluding hydrogens is 468 g/mol. The second-order valence-corrected chi connectivity index (χ2v) is 11.5. The van der Waals surface area contributed by atoms with Crippen molar-refractivity contribution in [1.82, 2.24) is 9.97 Å². The van der Waals surface area contributed by atoms with Gasteiger partial charge in [-0.25, -0.2) is 9.97 Å². The highest BCUT2D eigenvalue weighted by atomic mass is 35.5. The quantitative estimate of drug-likeness (QED) is 0.377. The number of benzene rings is 2. The van der Waals surface area contributed by atoms with Crippen LogP contribution in [0.1, 0.15) is 56.9 Å². The van der Waals surface area contributed by atoms with Crippen molar-refractivity contribution in [1.29, 1.82) is 0 Å². The van der Waals surface area contributed by atoms with Gasteiger partial charge in [-0.05, 0) is 60.3 Å². The van der Waals surface area contributed by atoms with Crippen molar-refractivity contribution in [3.05, 3.63) is 76.6 Å². The summed E-state index contributed by atoms with van der Waals surface area (Å²) in [4.78, 5) is 11.7. The van der Waals surface area contributed by atoms with Crippen molar-refractivity contribution in [3.8, 4) is 5.75 Å². The molecule has 6 heteroatoms. The van der Waals surface area contributed by atoms with Gasteiger partial charge in [0.1, 0.15) is 5.75 Å². The van der Waals surface area contributed by atoms with Crippen LogP contribution in [0.25, 0.3) is 5.57 Å². The van der Waals surface area contributed by atoms with Gasteiger partial charge in [0.15, 0.2) is 0 Å². The molecule has 1 aromatic heterocycles. The lowest BCUT2D eigenvalue weighted by Gasteiger charge is -2.36. The summed E-state index contributed by atoms with van der Waals surface area (Å²) in [6.07, 6.45) is 8.50. The Morgan fingerprint density at radius 2 is 1.89 bits per heavy atom. The molecule has 0 bridgehead atoms. The smallest absolute Gasteiger partial charge is 0.227 e. The topological polar surface area (TPSA) is 50.3 Å². The Morgan fingerprint density at radius 3 is 2.64 bits per heavy atom. The maximum absolute atomic E-state index is 6.53. The molecule has 1 aliphatic carbocycles. The number of methoxy groups -OCH3 is 1. The summed E-state index contributed by atoms with van der Waals surface area (Å²) in [5, 5.41) is 3.89. The molecule has 0 amide bonds. The highest BCUT2D eigenvalue weighted by Crippen LogP contribution is 2.37. The predicted molar refractivity (Wildman–Crippen MR) is 150 cm³/mol. The van der Waals surface area contributed by atoms with Crippen LogP contribution in [0.5, 0.6) is 5.75 Å². The van der Waals surface area contributed by atoms with E-state index in [0.29, 0.717) is 16.4 Å². The fourth-order valence-electron chi connectivity index (χ4n) is 5.49. The van der Waals surface area contributed by atoms with E-state index in [1.165, 1.54) is 36.1 Å². The number of nitrogens with one attached hydrogen (secondary N) is 1. The van der Waals surface area contributed by atoms with E-state index in [2.05, 4.69) is 78.4 Å². The fourth-order valence-corrected chi connectivity index (χ4v) is 5.68. The summed E-state index contributed by atoms with van der Waals surface area (Å²) in [6.45, 7) is 9.18. The molecule has 0 unspecified atom stereocenters. The van der Waals surface area contributed by atoms with E-state index < -0.39 is 0 Å². The van der Waals surface area contributed by atoms with Gasteiger partial charge in [0.25, 0.3) is 0 Å². The van der Waals surface area contributed by atoms with E-state index in [4.69, 9.17) is 21.3 Å². The first-order valence-electron chi connectivity index (χ1n) is 12.8. The normalized spacial score (nSPS) is 16.0. The zero-order valence-corrected chi connectivity index (χ0v) is 22.4. The lowest BCUT2D eigenvalue weighted by molar-refractivity contribution is 0.258. The van der Waals surface area contributed by atoms with Crippen molar-refractivity contribution in [2.45, 2.75) is 46.5 Å². The minimum absolute atomic E-state index is 0.394. The SMILES string of the molecule is COc1cc(N2CCC(CC(C)(C)C)CC2)ccc1Nc1ncc(Cl)c(C2=CCc3ccccc32)n1. The van der Waals surface area contributed by atoms with Gasteiger partial charge in [0, 0.05) is 30.4 Å². The Kier molecular flexibility index (Phi) is 6.94. The minimum Gasteiger partial charge on any atom is -0.494 e. The maximum Gasteiger partial charge on any atom is 0.227 e. The zero-order chi connectivity index (χ0) is 25.3. The van der Waals surface area contributed by atoms with Gasteiger partial charge >= 0.3 is 0 Å². The van der Waals surface area contributed by atoms with Crippen LogP contribution in [0.2, 0.25) is 5.02 Å². The highest BCUT2D eigenvalue weighted by molar-refractivity contribution is 6.32. The van der Waals surface area contributed by atoms with E-state index in [-0.39, 0.29) is 0 Å². The second-order valence-electron chi connectivity index (χ2n) is 11.1. The number of piperidine rings is 1. The van der Waals surface area contributed by atoms with E-state index in [1.54, 1.807) is 13.3 Å². The van der Waals surface area contributed by atoms with Gasteiger partial charge in [0.2, 0.25) is 5.95 Å². The molecule has 5 rings (SSSR count). The molecule has 5 nitrogen and oxygen atoms in total. The summed E-state index contributed by atoms with van der Waals surface area (Å²) < 4.78 is 5.75. The minimum atomic E-state index is 0.394. The lowest BCUT2D eigenvalue weighted by atomic mass is 9.80. The fraction of sp³-hybridized carbons (Fsp3) is 0.400. The van der Waals surface area contributed by atoms with E-state index in [9.17, 15) is 0 Å². The van der Waals surface area contributed by atoms with Crippen LogP contribution in [0, 0.1) is 11.3 Å². The Balaban J connectivity index is 1.32. The Morgan fingerprint density at radius 1 is 1.11 bits per heavy atom. The molecule has 36 heavy (non-hydrogen) atoms. The first-order chi connectivity index (χ1) is 17.3. The Labute approximate surface area is 219 Å². The van der Waals surface area contributed by atoms with E-state index in [1.807, 2.05) is 6.07 Å². The van der Waals surface area contributed by atoms with Crippen molar-refractivity contribution in [2.75, 3.05) is 30.4 Å². The van der Waals surface area contributed by atoms with Crippen LogP contribution in [0.15, 0.2) is 54.7 Å². The van der Waals surface area contributed by atoms with Crippen LogP contribution < -0.4 is 15.0 Å². The van der Waals surface area contributed by atoms with Crippen molar-refractivity contribution in [2.24, 2.45) is 11.3 Å². The average molecular weight is 503 g/mol. The van der Waals surface area contributed by atoms with Gasteiger partial charge in [-0.15, -0.1) is 0 Å². The van der Waals surface area contributed by atoms with Crippen LogP contribution in [0.3, 0.4) is 0 Å². The second kappa shape index (κ2) is 10.1. The van der Waals surface area contributed by atoms with Crippen LogP contribution in [-0.4, -0.2) is 30.2 Å². The number of fused-ring (bicyclic) bond motifs is 1. The average Bonchev–Trinajstić information content (AvgIpc) is 3.29. The van der Waals surface area contributed by atoms with Crippen molar-refractivity contribution < 1.29 is 4.74 Å². The predicted octanol–water partition coefficient (Wildman–Crippen LogP) is 7.52. The van der Waals surface area contributed by atoms with E-state index in [0.717, 1.165) is 48.1 Å². The van der Waals surface area contributed by atoms with Gasteiger partial charge < -0.3 is 15.0 Å². The first kappa shape index (κ1) is 24.6. The summed E-state index contributed by atoms with van der Waals surface area (Å²) in [5.41, 5.74) is 6.68. The molecular formula is C30H35ClN4O. The standard InChI is InChI=1S/C30H35ClN4O/c1-30(2,3)18-20-13-15-35(16-14-20)22-10-12-26(27(17-22)36-4)33-29-32-19-25(31)28(34-29)24-11-9-21-7-5-6-8-23(21)24/h5-8,10-12,17,19-20H,9,13-16,18H2,1-4H3,(H,32,33,34). The third-order valence-electron chi connectivity index (χ3n) is 7.15.